The largest absolute Gasteiger partial charge is 0.506 e. The van der Waals surface area contributed by atoms with Crippen molar-refractivity contribution in [1.29, 1.82) is 0 Å². The maximum atomic E-state index is 12.6. The Kier molecular flexibility index (Phi) is 6.23. The van der Waals surface area contributed by atoms with Crippen LogP contribution in [0.5, 0.6) is 11.5 Å². The van der Waals surface area contributed by atoms with Crippen LogP contribution >= 0.6 is 35.0 Å². The molecule has 1 saturated heterocycles. The molecule has 1 aliphatic rings. The molecule has 0 aliphatic carbocycles. The van der Waals surface area contributed by atoms with Crippen LogP contribution in [0.2, 0.25) is 10.0 Å². The second-order valence-corrected chi connectivity index (χ2v) is 8.11. The van der Waals surface area contributed by atoms with E-state index in [1.165, 1.54) is 18.2 Å². The van der Waals surface area contributed by atoms with Crippen molar-refractivity contribution >= 4 is 52.2 Å². The number of phenolic OH excluding ortho intramolecular Hbond substituents is 1. The van der Waals surface area contributed by atoms with Gasteiger partial charge in [0.1, 0.15) is 18.1 Å². The fraction of sp³-hybridized carbons (Fsp3) is 0.200. The molecule has 0 aromatic heterocycles. The van der Waals surface area contributed by atoms with Crippen LogP contribution in [-0.4, -0.2) is 34.3 Å². The first-order chi connectivity index (χ1) is 13.3. The summed E-state index contributed by atoms with van der Waals surface area (Å²) in [5.74, 6) is 0.0761. The topological polar surface area (TPSA) is 66.8 Å². The molecule has 1 aliphatic heterocycles. The van der Waals surface area contributed by atoms with E-state index in [0.717, 1.165) is 33.5 Å². The zero-order chi connectivity index (χ0) is 20.4. The number of carbonyl (C=O) groups is 2. The van der Waals surface area contributed by atoms with E-state index in [1.54, 1.807) is 0 Å². The molecule has 146 valence electrons. The van der Waals surface area contributed by atoms with Gasteiger partial charge in [0.2, 0.25) is 0 Å². The van der Waals surface area contributed by atoms with E-state index in [9.17, 15) is 14.7 Å². The number of ether oxygens (including phenoxy) is 1. The number of nitrogens with zero attached hydrogens (tertiary/aromatic N) is 1. The Morgan fingerprint density at radius 3 is 2.68 bits per heavy atom. The zero-order valence-electron chi connectivity index (χ0n) is 15.2. The number of thioether (sulfide) groups is 1. The molecule has 1 heterocycles. The Labute approximate surface area is 176 Å². The molecular weight excluding hydrogens is 421 g/mol. The van der Waals surface area contributed by atoms with Crippen LogP contribution in [0, 0.1) is 13.8 Å². The smallest absolute Gasteiger partial charge is 0.293 e. The second kappa shape index (κ2) is 8.47. The number of amides is 2. The molecule has 0 radical (unpaired) electrons. The average molecular weight is 438 g/mol. The third-order valence-corrected chi connectivity index (χ3v) is 5.55. The maximum Gasteiger partial charge on any atom is 0.293 e. The molecule has 28 heavy (non-hydrogen) atoms. The third-order valence-electron chi connectivity index (χ3n) is 4.13. The molecule has 1 fully saturated rings. The van der Waals surface area contributed by atoms with Crippen LogP contribution in [0.3, 0.4) is 0 Å². The van der Waals surface area contributed by atoms with Gasteiger partial charge in [-0.15, -0.1) is 0 Å². The van der Waals surface area contributed by atoms with Gasteiger partial charge >= 0.3 is 0 Å². The monoisotopic (exact) mass is 437 g/mol. The third kappa shape index (κ3) is 4.46. The minimum absolute atomic E-state index is 0.0694. The van der Waals surface area contributed by atoms with Gasteiger partial charge in [0.25, 0.3) is 11.1 Å². The number of rotatable bonds is 5. The summed E-state index contributed by atoms with van der Waals surface area (Å²) in [4.78, 5) is 26.1. The summed E-state index contributed by atoms with van der Waals surface area (Å²) >= 11 is 12.6. The molecule has 3 rings (SSSR count). The highest BCUT2D eigenvalue weighted by molar-refractivity contribution is 8.18. The lowest BCUT2D eigenvalue weighted by Gasteiger charge is -2.14. The second-order valence-electron chi connectivity index (χ2n) is 6.28. The summed E-state index contributed by atoms with van der Waals surface area (Å²) in [6.07, 6.45) is 1.41. The number of hydrogen-bond acceptors (Lipinski definition) is 5. The lowest BCUT2D eigenvalue weighted by atomic mass is 10.1. The van der Waals surface area contributed by atoms with Crippen LogP contribution in [0.25, 0.3) is 6.08 Å². The van der Waals surface area contributed by atoms with Crippen LogP contribution in [0.15, 0.2) is 35.2 Å². The summed E-state index contributed by atoms with van der Waals surface area (Å²) in [6, 6.07) is 8.72. The van der Waals surface area contributed by atoms with Crippen molar-refractivity contribution in [3.8, 4) is 11.5 Å². The number of hydrogen-bond donors (Lipinski definition) is 1. The van der Waals surface area contributed by atoms with E-state index in [1.807, 2.05) is 32.0 Å². The molecule has 2 aromatic carbocycles. The molecule has 0 spiro atoms. The number of aryl methyl sites for hydroxylation is 2. The van der Waals surface area contributed by atoms with E-state index in [-0.39, 0.29) is 34.4 Å². The first-order valence-corrected chi connectivity index (χ1v) is 9.97. The van der Waals surface area contributed by atoms with Gasteiger partial charge in [0.05, 0.1) is 16.5 Å². The van der Waals surface area contributed by atoms with Crippen molar-refractivity contribution in [3.05, 3.63) is 62.0 Å². The van der Waals surface area contributed by atoms with Gasteiger partial charge in [-0.3, -0.25) is 14.5 Å². The number of benzene rings is 2. The Hall–Kier alpha value is -2.15. The van der Waals surface area contributed by atoms with Crippen molar-refractivity contribution in [2.75, 3.05) is 13.2 Å². The predicted molar refractivity (Wildman–Crippen MR) is 112 cm³/mol. The van der Waals surface area contributed by atoms with E-state index >= 15 is 0 Å². The molecule has 0 bridgehead atoms. The molecule has 2 aromatic rings. The first kappa shape index (κ1) is 20.6. The van der Waals surface area contributed by atoms with E-state index < -0.39 is 11.1 Å². The van der Waals surface area contributed by atoms with Crippen LogP contribution in [0.1, 0.15) is 16.7 Å². The molecule has 0 saturated carbocycles. The summed E-state index contributed by atoms with van der Waals surface area (Å²) in [6.45, 7) is 4.20. The molecule has 0 atom stereocenters. The predicted octanol–water partition coefficient (Wildman–Crippen LogP) is 5.43. The molecule has 5 nitrogen and oxygen atoms in total. The average Bonchev–Trinajstić information content (AvgIpc) is 2.89. The van der Waals surface area contributed by atoms with E-state index in [4.69, 9.17) is 27.9 Å². The minimum Gasteiger partial charge on any atom is -0.506 e. The highest BCUT2D eigenvalue weighted by Gasteiger charge is 2.35. The number of aromatic hydroxyl groups is 1. The lowest BCUT2D eigenvalue weighted by molar-refractivity contribution is -0.123. The quantitative estimate of drug-likeness (QED) is 0.631. The normalized spacial score (nSPS) is 15.6. The summed E-state index contributed by atoms with van der Waals surface area (Å²) in [5.41, 5.74) is 2.32. The van der Waals surface area contributed by atoms with Gasteiger partial charge in [0, 0.05) is 10.6 Å². The molecular formula is C20H17Cl2NO4S. The molecule has 0 unspecified atom stereocenters. The number of imide groups is 1. The van der Waals surface area contributed by atoms with E-state index in [0.29, 0.717) is 5.02 Å². The maximum absolute atomic E-state index is 12.6. The Morgan fingerprint density at radius 2 is 1.93 bits per heavy atom. The minimum atomic E-state index is -0.449. The van der Waals surface area contributed by atoms with Crippen LogP contribution in [0.4, 0.5) is 4.79 Å². The van der Waals surface area contributed by atoms with Crippen molar-refractivity contribution < 1.29 is 19.4 Å². The SMILES string of the molecule is Cc1ccc(C)c(OCCN2C(=O)S/C(=C\c3cc(Cl)cc(Cl)c3O)C2=O)c1. The number of phenols is 1. The highest BCUT2D eigenvalue weighted by Crippen LogP contribution is 2.37. The van der Waals surface area contributed by atoms with Gasteiger partial charge in [-0.2, -0.15) is 0 Å². The van der Waals surface area contributed by atoms with Crippen LogP contribution < -0.4 is 4.74 Å². The zero-order valence-corrected chi connectivity index (χ0v) is 17.5. The fourth-order valence-corrected chi connectivity index (χ4v) is 4.00. The molecule has 1 N–H and O–H groups in total. The Bertz CT molecular complexity index is 990. The van der Waals surface area contributed by atoms with Gasteiger partial charge in [-0.05, 0) is 61.0 Å². The van der Waals surface area contributed by atoms with E-state index in [2.05, 4.69) is 0 Å². The Morgan fingerprint density at radius 1 is 1.18 bits per heavy atom. The summed E-state index contributed by atoms with van der Waals surface area (Å²) in [7, 11) is 0. The van der Waals surface area contributed by atoms with Crippen LogP contribution in [-0.2, 0) is 4.79 Å². The summed E-state index contributed by atoms with van der Waals surface area (Å²) < 4.78 is 5.73. The van der Waals surface area contributed by atoms with Gasteiger partial charge in [-0.25, -0.2) is 0 Å². The number of halogens is 2. The lowest BCUT2D eigenvalue weighted by Crippen LogP contribution is -2.32. The van der Waals surface area contributed by atoms with Gasteiger partial charge < -0.3 is 9.84 Å². The fourth-order valence-electron chi connectivity index (χ4n) is 2.64. The molecule has 2 amide bonds. The van der Waals surface area contributed by atoms with Crippen molar-refractivity contribution in [3.63, 3.8) is 0 Å². The van der Waals surface area contributed by atoms with Crippen molar-refractivity contribution in [2.24, 2.45) is 0 Å². The van der Waals surface area contributed by atoms with Crippen molar-refractivity contribution in [2.45, 2.75) is 13.8 Å². The highest BCUT2D eigenvalue weighted by atomic mass is 35.5. The summed E-state index contributed by atoms with van der Waals surface area (Å²) in [5, 5.41) is 10.0. The van der Waals surface area contributed by atoms with Crippen molar-refractivity contribution in [1.82, 2.24) is 4.90 Å². The first-order valence-electron chi connectivity index (χ1n) is 8.39. The molecule has 8 heteroatoms. The standard InChI is InChI=1S/C20H17Cl2NO4S/c1-11-3-4-12(2)16(7-11)27-6-5-23-19(25)17(28-20(23)26)9-13-8-14(21)10-15(22)18(13)24/h3-4,7-10,24H,5-6H2,1-2H3/b17-9-. The van der Waals surface area contributed by atoms with Gasteiger partial charge in [0.15, 0.2) is 0 Å². The number of carbonyl (C=O) groups excluding carboxylic acids is 2. The Balaban J connectivity index is 1.71. The van der Waals surface area contributed by atoms with Gasteiger partial charge in [-0.1, -0.05) is 35.3 Å².